The summed E-state index contributed by atoms with van der Waals surface area (Å²) in [7, 11) is 1.33. The van der Waals surface area contributed by atoms with Crippen molar-refractivity contribution < 1.29 is 19.1 Å². The van der Waals surface area contributed by atoms with E-state index < -0.39 is 5.97 Å². The van der Waals surface area contributed by atoms with Gasteiger partial charge in [-0.25, -0.2) is 9.78 Å². The molecular weight excluding hydrogens is 360 g/mol. The molecule has 28 heavy (non-hydrogen) atoms. The van der Waals surface area contributed by atoms with Crippen LogP contribution in [-0.4, -0.2) is 47.3 Å². The minimum Gasteiger partial charge on any atom is -0.464 e. The third-order valence-electron chi connectivity index (χ3n) is 5.01. The number of hydrogen-bond acceptors (Lipinski definition) is 6. The molecular formula is C20H28N4O4. The summed E-state index contributed by atoms with van der Waals surface area (Å²) in [4.78, 5) is 29.1. The van der Waals surface area contributed by atoms with Gasteiger partial charge in [0, 0.05) is 25.0 Å². The lowest BCUT2D eigenvalue weighted by atomic mass is 10.2. The number of aromatic nitrogens is 2. The van der Waals surface area contributed by atoms with E-state index in [4.69, 9.17) is 9.47 Å². The van der Waals surface area contributed by atoms with Crippen molar-refractivity contribution in [2.24, 2.45) is 0 Å². The number of pyridine rings is 1. The second kappa shape index (κ2) is 8.60. The van der Waals surface area contributed by atoms with Crippen molar-refractivity contribution in [1.82, 2.24) is 9.55 Å². The Morgan fingerprint density at radius 3 is 2.86 bits per heavy atom. The number of methoxy groups -OCH3 is 1. The molecule has 3 heterocycles. The van der Waals surface area contributed by atoms with Crippen molar-refractivity contribution in [1.29, 1.82) is 0 Å². The molecule has 1 amide bonds. The van der Waals surface area contributed by atoms with Gasteiger partial charge in [0.1, 0.15) is 5.65 Å². The van der Waals surface area contributed by atoms with E-state index in [1.54, 1.807) is 10.8 Å². The Balaban J connectivity index is 2.16. The fourth-order valence-electron chi connectivity index (χ4n) is 3.47. The van der Waals surface area contributed by atoms with E-state index in [0.717, 1.165) is 24.9 Å². The summed E-state index contributed by atoms with van der Waals surface area (Å²) in [5.74, 6) is -0.780. The number of carbonyl (C=O) groups is 2. The normalized spacial score (nSPS) is 17.5. The molecule has 2 atom stereocenters. The quantitative estimate of drug-likeness (QED) is 0.708. The monoisotopic (exact) mass is 388 g/mol. The molecule has 1 aliphatic heterocycles. The van der Waals surface area contributed by atoms with Gasteiger partial charge in [-0.15, -0.1) is 0 Å². The van der Waals surface area contributed by atoms with Gasteiger partial charge in [0.2, 0.25) is 5.91 Å². The summed E-state index contributed by atoms with van der Waals surface area (Å²) in [5, 5.41) is 6.88. The first kappa shape index (κ1) is 20.1. The molecule has 3 rings (SSSR count). The second-order valence-electron chi connectivity index (χ2n) is 7.19. The Morgan fingerprint density at radius 1 is 1.46 bits per heavy atom. The van der Waals surface area contributed by atoms with E-state index in [1.807, 2.05) is 6.07 Å². The zero-order valence-corrected chi connectivity index (χ0v) is 16.9. The highest BCUT2D eigenvalue weighted by atomic mass is 16.5. The molecule has 152 valence electrons. The predicted molar refractivity (Wildman–Crippen MR) is 108 cm³/mol. The number of fused-ring (bicyclic) bond motifs is 1. The van der Waals surface area contributed by atoms with Gasteiger partial charge in [-0.3, -0.25) is 4.79 Å². The lowest BCUT2D eigenvalue weighted by molar-refractivity contribution is -0.114. The average molecular weight is 388 g/mol. The molecule has 1 saturated heterocycles. The summed E-state index contributed by atoms with van der Waals surface area (Å²) < 4.78 is 12.6. The van der Waals surface area contributed by atoms with Gasteiger partial charge in [-0.1, -0.05) is 6.92 Å². The lowest BCUT2D eigenvalue weighted by Gasteiger charge is -2.15. The molecule has 0 spiro atoms. The molecule has 8 nitrogen and oxygen atoms in total. The van der Waals surface area contributed by atoms with Crippen LogP contribution in [0, 0.1) is 0 Å². The first-order chi connectivity index (χ1) is 13.4. The van der Waals surface area contributed by atoms with Gasteiger partial charge in [-0.2, -0.15) is 0 Å². The maximum Gasteiger partial charge on any atom is 0.356 e. The number of ether oxygens (including phenoxy) is 2. The van der Waals surface area contributed by atoms with Gasteiger partial charge < -0.3 is 24.7 Å². The Bertz CT molecular complexity index is 871. The third kappa shape index (κ3) is 4.11. The van der Waals surface area contributed by atoms with Gasteiger partial charge >= 0.3 is 5.97 Å². The Labute approximate surface area is 164 Å². The SMILES string of the molecule is CC[C@@H](C)Nc1cnc2c(c1)c(NC(C)=O)c(C(=O)OC)n2C[C@H]1CCCO1. The van der Waals surface area contributed by atoms with E-state index in [1.165, 1.54) is 14.0 Å². The molecule has 0 radical (unpaired) electrons. The summed E-state index contributed by atoms with van der Waals surface area (Å²) in [6.45, 7) is 6.79. The fraction of sp³-hybridized carbons (Fsp3) is 0.550. The summed E-state index contributed by atoms with van der Waals surface area (Å²) in [6.07, 6.45) is 4.63. The average Bonchev–Trinajstić information content (AvgIpc) is 3.28. The first-order valence-electron chi connectivity index (χ1n) is 9.70. The molecule has 2 aromatic rings. The second-order valence-corrected chi connectivity index (χ2v) is 7.19. The molecule has 1 aliphatic rings. The Hall–Kier alpha value is -2.61. The lowest BCUT2D eigenvalue weighted by Crippen LogP contribution is -2.21. The van der Waals surface area contributed by atoms with Crippen molar-refractivity contribution in [3.63, 3.8) is 0 Å². The number of amides is 1. The van der Waals surface area contributed by atoms with Gasteiger partial charge in [0.05, 0.1) is 37.3 Å². The third-order valence-corrected chi connectivity index (χ3v) is 5.01. The number of esters is 1. The van der Waals surface area contributed by atoms with E-state index in [2.05, 4.69) is 29.5 Å². The van der Waals surface area contributed by atoms with Crippen LogP contribution >= 0.6 is 0 Å². The highest BCUT2D eigenvalue weighted by Gasteiger charge is 2.28. The molecule has 0 aromatic carbocycles. The van der Waals surface area contributed by atoms with Crippen LogP contribution in [0.15, 0.2) is 12.3 Å². The zero-order valence-electron chi connectivity index (χ0n) is 16.9. The highest BCUT2D eigenvalue weighted by Crippen LogP contribution is 2.34. The predicted octanol–water partition coefficient (Wildman–Crippen LogP) is 3.17. The van der Waals surface area contributed by atoms with Crippen LogP contribution in [0.2, 0.25) is 0 Å². The van der Waals surface area contributed by atoms with Gasteiger partial charge in [0.15, 0.2) is 5.69 Å². The van der Waals surface area contributed by atoms with Crippen molar-refractivity contribution >= 4 is 34.3 Å². The molecule has 0 unspecified atom stereocenters. The molecule has 2 N–H and O–H groups in total. The van der Waals surface area contributed by atoms with Crippen LogP contribution < -0.4 is 10.6 Å². The summed E-state index contributed by atoms with van der Waals surface area (Å²) in [6, 6.07) is 2.19. The largest absolute Gasteiger partial charge is 0.464 e. The molecule has 8 heteroatoms. The maximum atomic E-state index is 12.6. The van der Waals surface area contributed by atoms with E-state index in [9.17, 15) is 9.59 Å². The number of anilines is 2. The Kier molecular flexibility index (Phi) is 6.18. The van der Waals surface area contributed by atoms with Gasteiger partial charge in [0.25, 0.3) is 0 Å². The minimum atomic E-state index is -0.517. The zero-order chi connectivity index (χ0) is 20.3. The number of carbonyl (C=O) groups excluding carboxylic acids is 2. The van der Waals surface area contributed by atoms with E-state index >= 15 is 0 Å². The van der Waals surface area contributed by atoms with Crippen LogP contribution in [0.5, 0.6) is 0 Å². The molecule has 2 aromatic heterocycles. The number of nitrogens with one attached hydrogen (secondary N) is 2. The molecule has 0 saturated carbocycles. The number of hydrogen-bond donors (Lipinski definition) is 2. The maximum absolute atomic E-state index is 12.6. The van der Waals surface area contributed by atoms with Crippen molar-refractivity contribution in [2.45, 2.75) is 58.7 Å². The highest BCUT2D eigenvalue weighted by molar-refractivity contribution is 6.10. The van der Waals surface area contributed by atoms with Crippen LogP contribution in [0.25, 0.3) is 11.0 Å². The number of nitrogens with zero attached hydrogens (tertiary/aromatic N) is 2. The standard InChI is InChI=1S/C20H28N4O4/c1-5-12(2)22-14-9-16-17(23-13(3)25)18(20(26)27-4)24(19(16)21-10-14)11-15-7-6-8-28-15/h9-10,12,15,22H,5-8,11H2,1-4H3,(H,23,25)/t12-,15-/m1/s1. The van der Waals surface area contributed by atoms with E-state index in [0.29, 0.717) is 29.9 Å². The van der Waals surface area contributed by atoms with Gasteiger partial charge in [-0.05, 0) is 32.3 Å². The first-order valence-corrected chi connectivity index (χ1v) is 9.70. The van der Waals surface area contributed by atoms with Crippen molar-refractivity contribution in [3.05, 3.63) is 18.0 Å². The summed E-state index contributed by atoms with van der Waals surface area (Å²) in [5.41, 5.74) is 2.16. The van der Waals surface area contributed by atoms with Crippen molar-refractivity contribution in [3.8, 4) is 0 Å². The Morgan fingerprint density at radius 2 is 2.25 bits per heavy atom. The van der Waals surface area contributed by atoms with Crippen LogP contribution in [0.3, 0.4) is 0 Å². The summed E-state index contributed by atoms with van der Waals surface area (Å²) >= 11 is 0. The van der Waals surface area contributed by atoms with Crippen molar-refractivity contribution in [2.75, 3.05) is 24.4 Å². The van der Waals surface area contributed by atoms with E-state index in [-0.39, 0.29) is 23.7 Å². The minimum absolute atomic E-state index is 0.00361. The topological polar surface area (TPSA) is 94.5 Å². The molecule has 0 aliphatic carbocycles. The van der Waals surface area contributed by atoms with Crippen LogP contribution in [0.4, 0.5) is 11.4 Å². The van der Waals surface area contributed by atoms with Crippen LogP contribution in [0.1, 0.15) is 50.5 Å². The fourth-order valence-corrected chi connectivity index (χ4v) is 3.47. The number of rotatable bonds is 7. The van der Waals surface area contributed by atoms with Crippen LogP contribution in [-0.2, 0) is 20.8 Å². The smallest absolute Gasteiger partial charge is 0.356 e. The molecule has 0 bridgehead atoms. The molecule has 1 fully saturated rings.